The van der Waals surface area contributed by atoms with Gasteiger partial charge in [0.15, 0.2) is 0 Å². The van der Waals surface area contributed by atoms with Crippen molar-refractivity contribution in [2.45, 2.75) is 71.6 Å². The molecule has 1 spiro atoms. The lowest BCUT2D eigenvalue weighted by atomic mass is 9.66. The van der Waals surface area contributed by atoms with Gasteiger partial charge < -0.3 is 0 Å². The predicted octanol–water partition coefficient (Wildman–Crippen LogP) is 5.34. The molecule has 0 saturated heterocycles. The average Bonchev–Trinajstić information content (AvgIpc) is 2.90. The lowest BCUT2D eigenvalue weighted by molar-refractivity contribution is 0.174. The fourth-order valence-electron chi connectivity index (χ4n) is 5.12. The van der Waals surface area contributed by atoms with Crippen LogP contribution in [0.2, 0.25) is 0 Å². The monoisotopic (exact) mass is 232 g/mol. The van der Waals surface area contributed by atoms with Gasteiger partial charge in [0.1, 0.15) is 0 Å². The highest BCUT2D eigenvalue weighted by Crippen LogP contribution is 2.58. The average molecular weight is 232 g/mol. The molecule has 0 aromatic carbocycles. The van der Waals surface area contributed by atoms with Crippen molar-refractivity contribution in [3.05, 3.63) is 12.2 Å². The second kappa shape index (κ2) is 4.14. The van der Waals surface area contributed by atoms with E-state index in [0.29, 0.717) is 5.41 Å². The van der Waals surface area contributed by atoms with Gasteiger partial charge in [0, 0.05) is 0 Å². The smallest absolute Gasteiger partial charge is 0.0115 e. The first-order chi connectivity index (χ1) is 8.12. The van der Waals surface area contributed by atoms with Crippen molar-refractivity contribution >= 4 is 0 Å². The zero-order valence-corrected chi connectivity index (χ0v) is 11.7. The summed E-state index contributed by atoms with van der Waals surface area (Å²) in [4.78, 5) is 0. The normalized spacial score (nSPS) is 44.6. The summed E-state index contributed by atoms with van der Waals surface area (Å²) < 4.78 is 0. The van der Waals surface area contributed by atoms with Gasteiger partial charge in [-0.3, -0.25) is 0 Å². The van der Waals surface area contributed by atoms with Crippen molar-refractivity contribution in [1.29, 1.82) is 0 Å². The van der Waals surface area contributed by atoms with Crippen molar-refractivity contribution in [1.82, 2.24) is 0 Å². The minimum atomic E-state index is 0.532. The van der Waals surface area contributed by atoms with Crippen LogP contribution >= 0.6 is 0 Å². The molecule has 96 valence electrons. The molecule has 0 nitrogen and oxygen atoms in total. The van der Waals surface area contributed by atoms with E-state index in [1.165, 1.54) is 38.5 Å². The van der Waals surface area contributed by atoms with E-state index in [1.807, 2.05) is 0 Å². The zero-order valence-electron chi connectivity index (χ0n) is 11.7. The standard InChI is InChI=1S/C17H28/c1-14-6-5-8-16(2,12-14)15-7-11-17(13-15)9-3-4-10-17/h5,8,14-15H,3-4,6-7,9-13H2,1-2H3/t14-,15-,16-/m0/s1. The highest BCUT2D eigenvalue weighted by Gasteiger charge is 2.47. The molecule has 0 bridgehead atoms. The summed E-state index contributed by atoms with van der Waals surface area (Å²) in [5, 5.41) is 0. The van der Waals surface area contributed by atoms with Gasteiger partial charge in [0.25, 0.3) is 0 Å². The minimum absolute atomic E-state index is 0.532. The SMILES string of the molecule is C[C@H]1CC=C[C@](C)([C@H]2CCC3(CCCC3)C2)C1. The van der Waals surface area contributed by atoms with E-state index in [4.69, 9.17) is 0 Å². The molecule has 3 aliphatic rings. The maximum Gasteiger partial charge on any atom is -0.0115 e. The fraction of sp³-hybridized carbons (Fsp3) is 0.882. The van der Waals surface area contributed by atoms with Crippen molar-refractivity contribution in [3.63, 3.8) is 0 Å². The first-order valence-corrected chi connectivity index (χ1v) is 7.80. The van der Waals surface area contributed by atoms with E-state index in [1.54, 1.807) is 19.3 Å². The van der Waals surface area contributed by atoms with Gasteiger partial charge in [-0.2, -0.15) is 0 Å². The van der Waals surface area contributed by atoms with Crippen LogP contribution in [0.5, 0.6) is 0 Å². The van der Waals surface area contributed by atoms with E-state index in [-0.39, 0.29) is 0 Å². The maximum absolute atomic E-state index is 2.58. The molecule has 0 aliphatic heterocycles. The molecule has 0 N–H and O–H groups in total. The van der Waals surface area contributed by atoms with Crippen molar-refractivity contribution in [2.75, 3.05) is 0 Å². The number of rotatable bonds is 1. The summed E-state index contributed by atoms with van der Waals surface area (Å²) in [6.07, 6.45) is 18.5. The molecule has 0 radical (unpaired) electrons. The lowest BCUT2D eigenvalue weighted by Crippen LogP contribution is -2.29. The summed E-state index contributed by atoms with van der Waals surface area (Å²) in [5.74, 6) is 1.89. The molecule has 3 rings (SSSR count). The Labute approximate surface area is 107 Å². The molecular formula is C17H28. The second-order valence-electron chi connectivity index (χ2n) is 7.60. The summed E-state index contributed by atoms with van der Waals surface area (Å²) >= 11 is 0. The van der Waals surface area contributed by atoms with Gasteiger partial charge >= 0.3 is 0 Å². The molecule has 17 heavy (non-hydrogen) atoms. The summed E-state index contributed by atoms with van der Waals surface area (Å²) in [5.41, 5.74) is 1.33. The van der Waals surface area contributed by atoms with E-state index < -0.39 is 0 Å². The second-order valence-corrected chi connectivity index (χ2v) is 7.60. The number of hydrogen-bond donors (Lipinski definition) is 0. The number of hydrogen-bond acceptors (Lipinski definition) is 0. The zero-order chi connectivity index (χ0) is 11.9. The van der Waals surface area contributed by atoms with Crippen LogP contribution in [0.15, 0.2) is 12.2 Å². The third-order valence-corrected chi connectivity index (χ3v) is 6.12. The van der Waals surface area contributed by atoms with Gasteiger partial charge in [-0.1, -0.05) is 38.8 Å². The Hall–Kier alpha value is -0.260. The van der Waals surface area contributed by atoms with Gasteiger partial charge in [-0.15, -0.1) is 0 Å². The van der Waals surface area contributed by atoms with Crippen LogP contribution in [0.3, 0.4) is 0 Å². The predicted molar refractivity (Wildman–Crippen MR) is 73.9 cm³/mol. The van der Waals surface area contributed by atoms with Gasteiger partial charge in [-0.25, -0.2) is 0 Å². The maximum atomic E-state index is 2.58. The van der Waals surface area contributed by atoms with Crippen LogP contribution in [0.4, 0.5) is 0 Å². The van der Waals surface area contributed by atoms with E-state index >= 15 is 0 Å². The fourth-order valence-corrected chi connectivity index (χ4v) is 5.12. The molecule has 0 heterocycles. The Bertz CT molecular complexity index is 308. The molecule has 3 aliphatic carbocycles. The van der Waals surface area contributed by atoms with E-state index in [0.717, 1.165) is 17.3 Å². The summed E-state index contributed by atoms with van der Waals surface area (Å²) in [7, 11) is 0. The van der Waals surface area contributed by atoms with Crippen LogP contribution in [-0.2, 0) is 0 Å². The largest absolute Gasteiger partial charge is 0.0877 e. The Morgan fingerprint density at radius 1 is 1.06 bits per heavy atom. The highest BCUT2D eigenvalue weighted by atomic mass is 14.5. The van der Waals surface area contributed by atoms with Crippen LogP contribution in [-0.4, -0.2) is 0 Å². The first-order valence-electron chi connectivity index (χ1n) is 7.80. The Balaban J connectivity index is 1.73. The lowest BCUT2D eigenvalue weighted by Gasteiger charge is -2.39. The van der Waals surface area contributed by atoms with Crippen molar-refractivity contribution in [3.8, 4) is 0 Å². The molecule has 0 unspecified atom stereocenters. The van der Waals surface area contributed by atoms with Gasteiger partial charge in [0.05, 0.1) is 0 Å². The van der Waals surface area contributed by atoms with Crippen LogP contribution in [0.25, 0.3) is 0 Å². The molecule has 2 saturated carbocycles. The Kier molecular flexibility index (Phi) is 2.88. The van der Waals surface area contributed by atoms with E-state index in [9.17, 15) is 0 Å². The Morgan fingerprint density at radius 3 is 2.53 bits per heavy atom. The molecule has 2 fully saturated rings. The molecule has 0 aromatic heterocycles. The topological polar surface area (TPSA) is 0 Å². The van der Waals surface area contributed by atoms with Crippen LogP contribution in [0, 0.1) is 22.7 Å². The van der Waals surface area contributed by atoms with Crippen molar-refractivity contribution in [2.24, 2.45) is 22.7 Å². The van der Waals surface area contributed by atoms with Gasteiger partial charge in [-0.05, 0) is 67.6 Å². The highest BCUT2D eigenvalue weighted by molar-refractivity contribution is 5.09. The number of allylic oxidation sites excluding steroid dienone is 2. The molecule has 0 amide bonds. The minimum Gasteiger partial charge on any atom is -0.0877 e. The molecular weight excluding hydrogens is 204 g/mol. The third-order valence-electron chi connectivity index (χ3n) is 6.12. The Morgan fingerprint density at radius 2 is 1.82 bits per heavy atom. The van der Waals surface area contributed by atoms with Crippen LogP contribution in [0.1, 0.15) is 71.6 Å². The van der Waals surface area contributed by atoms with Crippen molar-refractivity contribution < 1.29 is 0 Å². The van der Waals surface area contributed by atoms with Crippen LogP contribution < -0.4 is 0 Å². The first kappa shape index (κ1) is 11.8. The molecule has 3 atom stereocenters. The third kappa shape index (κ3) is 2.09. The van der Waals surface area contributed by atoms with E-state index in [2.05, 4.69) is 26.0 Å². The van der Waals surface area contributed by atoms with Gasteiger partial charge in [0.2, 0.25) is 0 Å². The summed E-state index contributed by atoms with van der Waals surface area (Å²) in [6, 6.07) is 0. The molecule has 0 heteroatoms. The summed E-state index contributed by atoms with van der Waals surface area (Å²) in [6.45, 7) is 4.97. The quantitative estimate of drug-likeness (QED) is 0.535. The molecule has 0 aromatic rings.